The lowest BCUT2D eigenvalue weighted by Crippen LogP contribution is -1.95. The van der Waals surface area contributed by atoms with Gasteiger partial charge in [0.1, 0.15) is 0 Å². The Balaban J connectivity index is 1.96. The first-order chi connectivity index (χ1) is 12.8. The van der Waals surface area contributed by atoms with Gasteiger partial charge in [0.2, 0.25) is 0 Å². The van der Waals surface area contributed by atoms with Crippen LogP contribution in [0.1, 0.15) is 16.8 Å². The summed E-state index contributed by atoms with van der Waals surface area (Å²) in [4.78, 5) is 12.6. The Morgan fingerprint density at radius 3 is 2.35 bits per heavy atom. The Kier molecular flexibility index (Phi) is 3.51. The molecule has 0 saturated carbocycles. The summed E-state index contributed by atoms with van der Waals surface area (Å²) in [7, 11) is 0. The topological polar surface area (TPSA) is 77.7 Å². The highest BCUT2D eigenvalue weighted by atomic mass is 14.8. The third-order valence-corrected chi connectivity index (χ3v) is 4.23. The minimum Gasteiger partial charge on any atom is -0.252 e. The van der Waals surface area contributed by atoms with Crippen LogP contribution in [0.15, 0.2) is 60.4 Å². The number of hydrogen-bond acceptors (Lipinski definition) is 4. The molecule has 1 aliphatic rings. The quantitative estimate of drug-likeness (QED) is 0.387. The monoisotopic (exact) mass is 331 g/mol. The zero-order chi connectivity index (χ0) is 18.1. The van der Waals surface area contributed by atoms with Gasteiger partial charge in [0.15, 0.2) is 0 Å². The maximum absolute atomic E-state index is 9.38. The average Bonchev–Trinajstić information content (AvgIpc) is 3.03. The lowest BCUT2D eigenvalue weighted by Gasteiger charge is -2.05. The van der Waals surface area contributed by atoms with E-state index in [0.29, 0.717) is 28.2 Å². The second-order valence-corrected chi connectivity index (χ2v) is 5.63. The smallest absolute Gasteiger partial charge is 0.252 e. The van der Waals surface area contributed by atoms with Crippen molar-refractivity contribution in [2.75, 3.05) is 0 Å². The van der Waals surface area contributed by atoms with Gasteiger partial charge in [-0.3, -0.25) is 4.98 Å². The van der Waals surface area contributed by atoms with Gasteiger partial charge in [-0.2, -0.15) is 5.26 Å². The molecule has 0 amide bonds. The van der Waals surface area contributed by atoms with Gasteiger partial charge in [0, 0.05) is 16.7 Å². The summed E-state index contributed by atoms with van der Waals surface area (Å²) in [5, 5.41) is 18.3. The van der Waals surface area contributed by atoms with E-state index in [9.17, 15) is 5.26 Å². The molecular formula is C21H9N5. The molecule has 0 saturated heterocycles. The summed E-state index contributed by atoms with van der Waals surface area (Å²) >= 11 is 0. The van der Waals surface area contributed by atoms with Gasteiger partial charge >= 0.3 is 0 Å². The number of fused-ring (bicyclic) bond motifs is 3. The van der Waals surface area contributed by atoms with E-state index in [1.807, 2.05) is 30.3 Å². The molecule has 3 aromatic rings. The van der Waals surface area contributed by atoms with Crippen LogP contribution in [0, 0.1) is 29.2 Å². The summed E-state index contributed by atoms with van der Waals surface area (Å²) in [5.41, 5.74) is 5.41. The van der Waals surface area contributed by atoms with E-state index in [-0.39, 0.29) is 5.70 Å². The minimum absolute atomic E-state index is 0.00229. The Bertz CT molecular complexity index is 1180. The van der Waals surface area contributed by atoms with Gasteiger partial charge in [-0.1, -0.05) is 36.4 Å². The zero-order valence-electron chi connectivity index (χ0n) is 13.4. The van der Waals surface area contributed by atoms with Crippen molar-refractivity contribution in [3.8, 4) is 34.7 Å². The fourth-order valence-corrected chi connectivity index (χ4v) is 3.03. The third kappa shape index (κ3) is 2.23. The largest absolute Gasteiger partial charge is 0.271 e. The highest BCUT2D eigenvalue weighted by Crippen LogP contribution is 2.44. The molecule has 0 fully saturated rings. The zero-order valence-corrected chi connectivity index (χ0v) is 13.4. The molecule has 1 heterocycles. The van der Waals surface area contributed by atoms with Crippen molar-refractivity contribution >= 4 is 5.57 Å². The molecule has 1 aromatic heterocycles. The number of rotatable bonds is 1. The van der Waals surface area contributed by atoms with Crippen LogP contribution in [0.25, 0.3) is 32.9 Å². The highest BCUT2D eigenvalue weighted by Gasteiger charge is 2.29. The summed E-state index contributed by atoms with van der Waals surface area (Å²) in [6.07, 6.45) is 1.67. The predicted octanol–water partition coefficient (Wildman–Crippen LogP) is 4.20. The maximum atomic E-state index is 9.38. The molecule has 2 aromatic carbocycles. The van der Waals surface area contributed by atoms with E-state index in [1.54, 1.807) is 30.5 Å². The number of allylic oxidation sites excluding steroid dienone is 1. The SMILES string of the molecule is [C-]#[N+]C(C#N)=C1c2ccccc2-c2ncc(-c3ccc(C#N)cc3)nc21. The molecule has 0 atom stereocenters. The minimum atomic E-state index is 0.00229. The molecule has 4 rings (SSSR count). The molecule has 0 bridgehead atoms. The van der Waals surface area contributed by atoms with Gasteiger partial charge in [0.05, 0.1) is 47.6 Å². The molecule has 0 N–H and O–H groups in total. The first kappa shape index (κ1) is 15.3. The molecule has 0 unspecified atom stereocenters. The molecule has 26 heavy (non-hydrogen) atoms. The highest BCUT2D eigenvalue weighted by molar-refractivity contribution is 6.01. The van der Waals surface area contributed by atoms with Crippen LogP contribution < -0.4 is 0 Å². The molecule has 0 radical (unpaired) electrons. The molecule has 0 aliphatic heterocycles. The van der Waals surface area contributed by atoms with Crippen LogP contribution in [0.4, 0.5) is 0 Å². The Hall–Kier alpha value is -4.27. The summed E-state index contributed by atoms with van der Waals surface area (Å²) in [5.74, 6) is 0. The normalized spacial score (nSPS) is 13.0. The van der Waals surface area contributed by atoms with Crippen molar-refractivity contribution in [1.29, 1.82) is 10.5 Å². The van der Waals surface area contributed by atoms with Gasteiger partial charge in [0.25, 0.3) is 5.70 Å². The molecule has 5 nitrogen and oxygen atoms in total. The number of nitriles is 2. The third-order valence-electron chi connectivity index (χ3n) is 4.23. The van der Waals surface area contributed by atoms with Crippen LogP contribution in [0.5, 0.6) is 0 Å². The van der Waals surface area contributed by atoms with Gasteiger partial charge in [-0.25, -0.2) is 15.1 Å². The van der Waals surface area contributed by atoms with Crippen molar-refractivity contribution < 1.29 is 0 Å². The second kappa shape index (κ2) is 5.98. The van der Waals surface area contributed by atoms with Gasteiger partial charge in [-0.15, -0.1) is 0 Å². The van der Waals surface area contributed by atoms with Crippen LogP contribution >= 0.6 is 0 Å². The summed E-state index contributed by atoms with van der Waals surface area (Å²) < 4.78 is 0. The van der Waals surface area contributed by atoms with Crippen molar-refractivity contribution in [2.24, 2.45) is 0 Å². The summed E-state index contributed by atoms with van der Waals surface area (Å²) in [6, 6.07) is 18.6. The fraction of sp³-hybridized carbons (Fsp3) is 0. The van der Waals surface area contributed by atoms with Crippen molar-refractivity contribution in [3.05, 3.63) is 88.7 Å². The van der Waals surface area contributed by atoms with E-state index in [1.165, 1.54) is 0 Å². The van der Waals surface area contributed by atoms with E-state index < -0.39 is 0 Å². The van der Waals surface area contributed by atoms with E-state index >= 15 is 0 Å². The molecule has 0 spiro atoms. The van der Waals surface area contributed by atoms with E-state index in [2.05, 4.69) is 15.9 Å². The first-order valence-corrected chi connectivity index (χ1v) is 7.76. The lowest BCUT2D eigenvalue weighted by atomic mass is 10.0. The molecular weight excluding hydrogens is 322 g/mol. The predicted molar refractivity (Wildman–Crippen MR) is 95.9 cm³/mol. The van der Waals surface area contributed by atoms with Gasteiger partial charge < -0.3 is 0 Å². The Morgan fingerprint density at radius 1 is 0.962 bits per heavy atom. The molecule has 5 heteroatoms. The van der Waals surface area contributed by atoms with Crippen molar-refractivity contribution in [3.63, 3.8) is 0 Å². The number of hydrogen-bond donors (Lipinski definition) is 0. The number of aromatic nitrogens is 2. The number of nitrogens with zero attached hydrogens (tertiary/aromatic N) is 5. The molecule has 118 valence electrons. The average molecular weight is 331 g/mol. The fourth-order valence-electron chi connectivity index (χ4n) is 3.03. The number of benzene rings is 2. The van der Waals surface area contributed by atoms with Crippen LogP contribution in [0.2, 0.25) is 0 Å². The second-order valence-electron chi connectivity index (χ2n) is 5.63. The van der Waals surface area contributed by atoms with Crippen LogP contribution in [-0.2, 0) is 0 Å². The standard InChI is InChI=1S/C21H9N5/c1-24-17(11-23)19-15-4-2-3-5-16(15)20-21(19)26-18(12-25-20)14-8-6-13(10-22)7-9-14/h2-9,12H. The lowest BCUT2D eigenvalue weighted by molar-refractivity contribution is 1.19. The van der Waals surface area contributed by atoms with E-state index in [0.717, 1.165) is 16.7 Å². The van der Waals surface area contributed by atoms with Crippen LogP contribution in [0.3, 0.4) is 0 Å². The Labute approximate surface area is 150 Å². The van der Waals surface area contributed by atoms with E-state index in [4.69, 9.17) is 16.8 Å². The van der Waals surface area contributed by atoms with Crippen molar-refractivity contribution in [2.45, 2.75) is 0 Å². The Morgan fingerprint density at radius 2 is 1.69 bits per heavy atom. The summed E-state index contributed by atoms with van der Waals surface area (Å²) in [6.45, 7) is 7.34. The maximum Gasteiger partial charge on any atom is 0.271 e. The van der Waals surface area contributed by atoms with Gasteiger partial charge in [-0.05, 0) is 17.7 Å². The van der Waals surface area contributed by atoms with Crippen LogP contribution in [-0.4, -0.2) is 9.97 Å². The van der Waals surface area contributed by atoms with Crippen molar-refractivity contribution in [1.82, 2.24) is 9.97 Å². The first-order valence-electron chi connectivity index (χ1n) is 7.76. The molecule has 1 aliphatic carbocycles.